The van der Waals surface area contributed by atoms with Gasteiger partial charge in [0, 0.05) is 91.7 Å². The number of aryl methyl sites for hydroxylation is 1. The van der Waals surface area contributed by atoms with Crippen LogP contribution in [0.3, 0.4) is 0 Å². The summed E-state index contributed by atoms with van der Waals surface area (Å²) in [5.74, 6) is 0.718. The molecule has 2 aromatic carbocycles. The Balaban J connectivity index is 0.747. The maximum Gasteiger partial charge on any atom is 0.238 e. The van der Waals surface area contributed by atoms with Crippen molar-refractivity contribution in [2.75, 3.05) is 67.5 Å². The van der Waals surface area contributed by atoms with Crippen LogP contribution < -0.4 is 20.4 Å². The number of anilines is 3. The van der Waals surface area contributed by atoms with Crippen LogP contribution in [0.15, 0.2) is 48.8 Å². The van der Waals surface area contributed by atoms with E-state index in [2.05, 4.69) is 94.0 Å². The van der Waals surface area contributed by atoms with Gasteiger partial charge in [0.25, 0.3) is 0 Å². The van der Waals surface area contributed by atoms with Crippen molar-refractivity contribution in [1.29, 1.82) is 0 Å². The second-order valence-electron chi connectivity index (χ2n) is 23.7. The van der Waals surface area contributed by atoms with Gasteiger partial charge in [-0.15, -0.1) is 0 Å². The van der Waals surface area contributed by atoms with Gasteiger partial charge >= 0.3 is 0 Å². The minimum absolute atomic E-state index is 0.0560. The van der Waals surface area contributed by atoms with E-state index < -0.39 is 10.8 Å². The maximum absolute atomic E-state index is 15.3. The van der Waals surface area contributed by atoms with Crippen molar-refractivity contribution < 1.29 is 24.0 Å². The molecule has 5 amide bonds. The van der Waals surface area contributed by atoms with Gasteiger partial charge in [0.2, 0.25) is 30.0 Å². The Morgan fingerprint density at radius 1 is 0.824 bits per heavy atom. The van der Waals surface area contributed by atoms with Crippen LogP contribution in [0.2, 0.25) is 0 Å². The molecule has 6 fully saturated rings. The molecule has 4 saturated heterocycles. The van der Waals surface area contributed by atoms with Crippen LogP contribution in [0.4, 0.5) is 17.2 Å². The number of aromatic nitrogens is 3. The van der Waals surface area contributed by atoms with Gasteiger partial charge < -0.3 is 34.4 Å². The first-order valence-corrected chi connectivity index (χ1v) is 28.3. The summed E-state index contributed by atoms with van der Waals surface area (Å²) in [5.41, 5.74) is 7.75. The van der Waals surface area contributed by atoms with Crippen molar-refractivity contribution in [3.63, 3.8) is 0 Å². The van der Waals surface area contributed by atoms with Gasteiger partial charge in [-0.2, -0.15) is 0 Å². The molecule has 394 valence electrons. The number of imide groups is 1. The number of carbonyl (C=O) groups excluding carboxylic acids is 5. The molecule has 2 aromatic heterocycles. The van der Waals surface area contributed by atoms with E-state index in [1.807, 2.05) is 29.1 Å². The van der Waals surface area contributed by atoms with Gasteiger partial charge in [0.1, 0.15) is 5.52 Å². The third-order valence-corrected chi connectivity index (χ3v) is 18.6. The molecule has 2 N–H and O–H groups in total. The van der Waals surface area contributed by atoms with Crippen LogP contribution >= 0.6 is 0 Å². The first kappa shape index (κ1) is 50.3. The third-order valence-electron chi connectivity index (χ3n) is 18.6. The predicted octanol–water partition coefficient (Wildman–Crippen LogP) is 8.49. The molecule has 2 aliphatic carbocycles. The van der Waals surface area contributed by atoms with Crippen molar-refractivity contribution >= 4 is 58.3 Å². The topological polar surface area (TPSA) is 156 Å². The third kappa shape index (κ3) is 9.26. The highest BCUT2D eigenvalue weighted by Gasteiger charge is 2.56. The summed E-state index contributed by atoms with van der Waals surface area (Å²) in [5, 5.41) is 6.04. The smallest absolute Gasteiger partial charge is 0.238 e. The average Bonchev–Trinajstić information content (AvgIpc) is 4.10. The Labute approximate surface area is 437 Å². The summed E-state index contributed by atoms with van der Waals surface area (Å²) in [6.45, 7) is 16.6. The quantitative estimate of drug-likeness (QED) is 0.118. The lowest BCUT2D eigenvalue weighted by molar-refractivity contribution is -0.150. The lowest BCUT2D eigenvalue weighted by Gasteiger charge is -2.48. The number of carbonyl (C=O) groups is 5. The molecule has 0 radical (unpaired) electrons. The van der Waals surface area contributed by atoms with Crippen LogP contribution in [0.5, 0.6) is 0 Å². The highest BCUT2D eigenvalue weighted by molar-refractivity contribution is 6.09. The number of rotatable bonds is 14. The minimum Gasteiger partial charge on any atom is -0.371 e. The number of nitrogens with zero attached hydrogens (tertiary/aromatic N) is 8. The van der Waals surface area contributed by atoms with Crippen LogP contribution in [0.25, 0.3) is 22.3 Å². The Morgan fingerprint density at radius 2 is 1.54 bits per heavy atom. The molecule has 1 spiro atoms. The number of likely N-dealkylation sites (tertiary alicyclic amines) is 3. The molecule has 0 bridgehead atoms. The summed E-state index contributed by atoms with van der Waals surface area (Å²) < 4.78 is 2.20. The van der Waals surface area contributed by atoms with E-state index in [0.29, 0.717) is 76.8 Å². The summed E-state index contributed by atoms with van der Waals surface area (Å²) in [6.07, 6.45) is 15.9. The Morgan fingerprint density at radius 3 is 2.20 bits per heavy atom. The van der Waals surface area contributed by atoms with E-state index in [1.54, 1.807) is 0 Å². The molecule has 7 aliphatic rings. The summed E-state index contributed by atoms with van der Waals surface area (Å²) in [4.78, 5) is 89.0. The minimum atomic E-state index is -0.686. The van der Waals surface area contributed by atoms with Crippen molar-refractivity contribution in [1.82, 2.24) is 34.6 Å². The lowest BCUT2D eigenvalue weighted by atomic mass is 9.72. The van der Waals surface area contributed by atoms with Crippen LogP contribution in [0, 0.1) is 18.3 Å². The van der Waals surface area contributed by atoms with E-state index in [4.69, 9.17) is 9.97 Å². The number of fused-ring (bicyclic) bond motifs is 3. The molecule has 15 nitrogen and oxygen atoms in total. The standard InChI is InChI=1S/C59H78N10O5/c1-6-10-46(54(71)61-37-70)41-12-16-50(39(4)31-41)65-25-17-40(18-26-65)55(72)66-27-19-58(5,20-28-66)56(73)67-29-21-59(22-30-67)47-15-11-42(32-51(47)69(57(59)74)45-33-44(34-45)64-23-8-7-9-24-64)48-35-49-52(68(36-60-49)38(2)3)53(63-48)62-43-13-14-43/h11-12,15-16,31-32,35-38,40,43-46H,6-10,13-14,17-30,33-34H2,1-5H3,(H,62,63)(H,61,70,71). The highest BCUT2D eigenvalue weighted by atomic mass is 16.2. The van der Waals surface area contributed by atoms with E-state index in [0.717, 1.165) is 127 Å². The van der Waals surface area contributed by atoms with Gasteiger partial charge in [-0.1, -0.05) is 51.0 Å². The number of hydrogen-bond donors (Lipinski definition) is 2. The Kier molecular flexibility index (Phi) is 13.9. The van der Waals surface area contributed by atoms with Crippen LogP contribution in [-0.4, -0.2) is 130 Å². The van der Waals surface area contributed by atoms with Gasteiger partial charge in [-0.3, -0.25) is 29.3 Å². The maximum atomic E-state index is 15.3. The summed E-state index contributed by atoms with van der Waals surface area (Å²) in [6, 6.07) is 16.2. The van der Waals surface area contributed by atoms with E-state index in [-0.39, 0.29) is 47.5 Å². The normalized spacial score (nSPS) is 23.5. The Hall–Kier alpha value is -5.83. The summed E-state index contributed by atoms with van der Waals surface area (Å²) >= 11 is 0. The molecule has 1 atom stereocenters. The number of imidazole rings is 1. The van der Waals surface area contributed by atoms with Crippen molar-refractivity contribution in [2.24, 2.45) is 11.3 Å². The Bertz CT molecular complexity index is 2780. The zero-order chi connectivity index (χ0) is 51.5. The second kappa shape index (κ2) is 20.4. The largest absolute Gasteiger partial charge is 0.371 e. The lowest BCUT2D eigenvalue weighted by Crippen LogP contribution is -2.59. The second-order valence-corrected chi connectivity index (χ2v) is 23.7. The number of nitrogens with one attached hydrogen (secondary N) is 2. The van der Waals surface area contributed by atoms with E-state index >= 15 is 4.79 Å². The van der Waals surface area contributed by atoms with Gasteiger partial charge in [0.15, 0.2) is 5.82 Å². The fourth-order valence-electron chi connectivity index (χ4n) is 13.7. The molecule has 7 heterocycles. The van der Waals surface area contributed by atoms with E-state index in [9.17, 15) is 19.2 Å². The molecule has 74 heavy (non-hydrogen) atoms. The van der Waals surface area contributed by atoms with Gasteiger partial charge in [-0.05, 0) is 152 Å². The molecule has 5 aliphatic heterocycles. The molecule has 11 rings (SSSR count). The highest BCUT2D eigenvalue weighted by Crippen LogP contribution is 2.53. The molecular weight excluding hydrogens is 929 g/mol. The molecule has 15 heteroatoms. The zero-order valence-corrected chi connectivity index (χ0v) is 44.5. The number of benzene rings is 2. The number of hydrogen-bond acceptors (Lipinski definition) is 10. The van der Waals surface area contributed by atoms with E-state index in [1.165, 1.54) is 19.3 Å². The van der Waals surface area contributed by atoms with Crippen molar-refractivity contribution in [2.45, 2.75) is 166 Å². The monoisotopic (exact) mass is 1010 g/mol. The van der Waals surface area contributed by atoms with Crippen LogP contribution in [-0.2, 0) is 29.4 Å². The molecule has 2 saturated carbocycles. The van der Waals surface area contributed by atoms with Gasteiger partial charge in [0.05, 0.1) is 28.9 Å². The molecule has 1 unspecified atom stereocenters. The first-order chi connectivity index (χ1) is 35.8. The van der Waals surface area contributed by atoms with Gasteiger partial charge in [-0.25, -0.2) is 9.97 Å². The number of piperidine rings is 4. The zero-order valence-electron chi connectivity index (χ0n) is 44.5. The average molecular weight is 1010 g/mol. The molecular formula is C59H78N10O5. The van der Waals surface area contributed by atoms with Crippen LogP contribution in [0.1, 0.15) is 153 Å². The molecule has 4 aromatic rings. The summed E-state index contributed by atoms with van der Waals surface area (Å²) in [7, 11) is 0. The predicted molar refractivity (Wildman–Crippen MR) is 289 cm³/mol. The SMILES string of the molecule is CCCC(C(=O)NC=O)c1ccc(N2CCC(C(=O)N3CCC(C)(C(=O)N4CCC5(CC4)C(=O)N(C4CC(N6CCCCC6)C4)c4cc(-c6cc7ncn(C(C)C)c7c(NC7CC7)n6)ccc45)CC3)CC2)c(C)c1. The fourth-order valence-corrected chi connectivity index (χ4v) is 13.7. The number of amides is 5. The van der Waals surface area contributed by atoms with Crippen molar-refractivity contribution in [3.8, 4) is 11.3 Å². The van der Waals surface area contributed by atoms with Crippen molar-refractivity contribution in [3.05, 3.63) is 65.5 Å². The fraction of sp³-hybridized carbons (Fsp3) is 0.610. The number of pyridine rings is 1. The first-order valence-electron chi connectivity index (χ1n) is 28.3.